The van der Waals surface area contributed by atoms with Gasteiger partial charge in [-0.3, -0.25) is 4.90 Å². The number of rotatable bonds is 3. The molecule has 0 bridgehead atoms. The Morgan fingerprint density at radius 2 is 1.96 bits per heavy atom. The van der Waals surface area contributed by atoms with Crippen molar-refractivity contribution in [1.29, 1.82) is 0 Å². The molecule has 0 spiro atoms. The first-order valence-electron chi connectivity index (χ1n) is 8.61. The molecule has 1 unspecified atom stereocenters. The van der Waals surface area contributed by atoms with Crippen molar-refractivity contribution in [2.45, 2.75) is 38.3 Å². The van der Waals surface area contributed by atoms with Crippen LogP contribution in [0.2, 0.25) is 0 Å². The fourth-order valence-corrected chi connectivity index (χ4v) is 5.43. The molecule has 25 heavy (non-hydrogen) atoms. The highest BCUT2D eigenvalue weighted by Crippen LogP contribution is 2.46. The molecule has 1 heterocycles. The lowest BCUT2D eigenvalue weighted by molar-refractivity contribution is 0.142. The molecule has 1 aliphatic carbocycles. The van der Waals surface area contributed by atoms with E-state index in [1.54, 1.807) is 0 Å². The van der Waals surface area contributed by atoms with Crippen LogP contribution < -0.4 is 4.90 Å². The van der Waals surface area contributed by atoms with E-state index in [1.807, 2.05) is 35.2 Å². The second-order valence-corrected chi connectivity index (χ2v) is 8.85. The molecule has 1 aliphatic heterocycles. The number of aryl methyl sites for hydroxylation is 1. The quantitative estimate of drug-likeness (QED) is 0.478. The van der Waals surface area contributed by atoms with E-state index in [9.17, 15) is 4.79 Å². The minimum atomic E-state index is -0.233. The maximum atomic E-state index is 13.0. The topological polar surface area (TPSA) is 29.5 Å². The summed E-state index contributed by atoms with van der Waals surface area (Å²) in [5.41, 5.74) is 3.24. The highest BCUT2D eigenvalue weighted by atomic mass is 127. The Labute approximate surface area is 170 Å². The van der Waals surface area contributed by atoms with E-state index in [0.717, 1.165) is 28.6 Å². The largest absolute Gasteiger partial charge is 0.444 e. The van der Waals surface area contributed by atoms with Crippen LogP contribution in [0, 0.1) is 9.49 Å². The van der Waals surface area contributed by atoms with Crippen molar-refractivity contribution in [3.63, 3.8) is 0 Å². The zero-order chi connectivity index (χ0) is 17.4. The van der Waals surface area contributed by atoms with Crippen LogP contribution in [-0.2, 0) is 17.8 Å². The average Bonchev–Trinajstić information content (AvgIpc) is 3.44. The van der Waals surface area contributed by atoms with E-state index < -0.39 is 0 Å². The molecule has 2 aromatic carbocycles. The second-order valence-electron chi connectivity index (χ2n) is 6.75. The SMILES string of the molecule is O=C(OCc1ccccc1)N1c2c(Br)cc(I)cc2CCC1C1CC1. The third-order valence-electron chi connectivity index (χ3n) is 4.96. The van der Waals surface area contributed by atoms with Crippen molar-refractivity contribution in [1.82, 2.24) is 0 Å². The van der Waals surface area contributed by atoms with Gasteiger partial charge in [0, 0.05) is 14.1 Å². The van der Waals surface area contributed by atoms with Crippen molar-refractivity contribution in [2.24, 2.45) is 5.92 Å². The van der Waals surface area contributed by atoms with Crippen LogP contribution in [0.1, 0.15) is 30.4 Å². The van der Waals surface area contributed by atoms with Crippen molar-refractivity contribution < 1.29 is 9.53 Å². The number of fused-ring (bicyclic) bond motifs is 1. The lowest BCUT2D eigenvalue weighted by atomic mass is 9.93. The Kier molecular flexibility index (Phi) is 5.04. The van der Waals surface area contributed by atoms with Gasteiger partial charge in [-0.25, -0.2) is 4.79 Å². The van der Waals surface area contributed by atoms with Gasteiger partial charge in [0.2, 0.25) is 0 Å². The molecule has 0 N–H and O–H groups in total. The summed E-state index contributed by atoms with van der Waals surface area (Å²) in [6.07, 6.45) is 4.23. The zero-order valence-electron chi connectivity index (χ0n) is 13.8. The first-order chi connectivity index (χ1) is 12.1. The molecule has 1 fully saturated rings. The molecule has 2 aliphatic rings. The minimum absolute atomic E-state index is 0.233. The summed E-state index contributed by atoms with van der Waals surface area (Å²) in [7, 11) is 0. The van der Waals surface area contributed by atoms with Crippen molar-refractivity contribution in [3.8, 4) is 0 Å². The predicted octanol–water partition coefficient (Wildman–Crippen LogP) is 5.92. The van der Waals surface area contributed by atoms with Crippen LogP contribution in [0.3, 0.4) is 0 Å². The fraction of sp³-hybridized carbons (Fsp3) is 0.350. The van der Waals surface area contributed by atoms with Gasteiger partial charge in [0.25, 0.3) is 0 Å². The van der Waals surface area contributed by atoms with Crippen LogP contribution in [0.5, 0.6) is 0 Å². The number of carbonyl (C=O) groups is 1. The summed E-state index contributed by atoms with van der Waals surface area (Å²) in [6, 6.07) is 14.4. The Morgan fingerprint density at radius 1 is 1.20 bits per heavy atom. The standard InChI is InChI=1S/C20H19BrINO2/c21-17-11-16(22)10-15-8-9-18(14-6-7-14)23(19(15)17)20(24)25-12-13-4-2-1-3-5-13/h1-5,10-11,14,18H,6-9,12H2. The highest BCUT2D eigenvalue weighted by molar-refractivity contribution is 14.1. The van der Waals surface area contributed by atoms with Crippen LogP contribution >= 0.6 is 38.5 Å². The number of carbonyl (C=O) groups excluding carboxylic acids is 1. The number of benzene rings is 2. The lowest BCUT2D eigenvalue weighted by Crippen LogP contribution is -2.45. The van der Waals surface area contributed by atoms with Gasteiger partial charge in [-0.15, -0.1) is 0 Å². The Bertz CT molecular complexity index is 792. The van der Waals surface area contributed by atoms with Crippen LogP contribution in [0.4, 0.5) is 10.5 Å². The Morgan fingerprint density at radius 3 is 2.68 bits per heavy atom. The lowest BCUT2D eigenvalue weighted by Gasteiger charge is -2.37. The average molecular weight is 512 g/mol. The second kappa shape index (κ2) is 7.27. The van der Waals surface area contributed by atoms with Crippen molar-refractivity contribution >= 4 is 50.3 Å². The van der Waals surface area contributed by atoms with Crippen molar-refractivity contribution in [3.05, 3.63) is 61.6 Å². The smallest absolute Gasteiger partial charge is 0.414 e. The number of nitrogens with zero attached hydrogens (tertiary/aromatic N) is 1. The van der Waals surface area contributed by atoms with Gasteiger partial charge in [-0.1, -0.05) is 30.3 Å². The predicted molar refractivity (Wildman–Crippen MR) is 111 cm³/mol. The molecule has 1 amide bonds. The first-order valence-corrected chi connectivity index (χ1v) is 10.5. The minimum Gasteiger partial charge on any atom is -0.444 e. The molecule has 2 aromatic rings. The van der Waals surface area contributed by atoms with Gasteiger partial charge in [0.05, 0.1) is 5.69 Å². The number of hydrogen-bond acceptors (Lipinski definition) is 2. The molecule has 1 atom stereocenters. The fourth-order valence-electron chi connectivity index (χ4n) is 3.62. The Balaban J connectivity index is 1.62. The summed E-state index contributed by atoms with van der Waals surface area (Å²) in [4.78, 5) is 14.9. The zero-order valence-corrected chi connectivity index (χ0v) is 17.5. The van der Waals surface area contributed by atoms with Gasteiger partial charge in [-0.05, 0) is 93.4 Å². The van der Waals surface area contributed by atoms with Crippen molar-refractivity contribution in [2.75, 3.05) is 4.90 Å². The first kappa shape index (κ1) is 17.3. The van der Waals surface area contributed by atoms with E-state index in [2.05, 4.69) is 50.7 Å². The van der Waals surface area contributed by atoms with Crippen LogP contribution in [0.25, 0.3) is 0 Å². The Hall–Kier alpha value is -1.08. The molecule has 0 aromatic heterocycles. The number of hydrogen-bond donors (Lipinski definition) is 0. The summed E-state index contributed by atoms with van der Waals surface area (Å²) < 4.78 is 7.85. The maximum Gasteiger partial charge on any atom is 0.414 e. The molecular formula is C20H19BrINO2. The van der Waals surface area contributed by atoms with Gasteiger partial charge >= 0.3 is 6.09 Å². The molecule has 3 nitrogen and oxygen atoms in total. The maximum absolute atomic E-state index is 13.0. The molecule has 0 saturated heterocycles. The van der Waals surface area contributed by atoms with Gasteiger partial charge in [0.1, 0.15) is 6.61 Å². The molecular weight excluding hydrogens is 493 g/mol. The van der Waals surface area contributed by atoms with Crippen LogP contribution in [-0.4, -0.2) is 12.1 Å². The number of anilines is 1. The molecule has 1 saturated carbocycles. The van der Waals surface area contributed by atoms with E-state index >= 15 is 0 Å². The number of halogens is 2. The molecule has 130 valence electrons. The van der Waals surface area contributed by atoms with Gasteiger partial charge < -0.3 is 4.74 Å². The van der Waals surface area contributed by atoms with E-state index in [0.29, 0.717) is 12.5 Å². The molecule has 5 heteroatoms. The summed E-state index contributed by atoms with van der Waals surface area (Å²) in [6.45, 7) is 0.310. The summed E-state index contributed by atoms with van der Waals surface area (Å²) >= 11 is 6.01. The van der Waals surface area contributed by atoms with Gasteiger partial charge in [-0.2, -0.15) is 0 Å². The normalized spacial score (nSPS) is 19.4. The van der Waals surface area contributed by atoms with Gasteiger partial charge in [0.15, 0.2) is 0 Å². The third kappa shape index (κ3) is 3.72. The van der Waals surface area contributed by atoms with E-state index in [1.165, 1.54) is 22.0 Å². The number of ether oxygens (including phenoxy) is 1. The third-order valence-corrected chi connectivity index (χ3v) is 6.18. The van der Waals surface area contributed by atoms with E-state index in [4.69, 9.17) is 4.74 Å². The summed E-state index contributed by atoms with van der Waals surface area (Å²) in [5, 5.41) is 0. The molecule has 4 rings (SSSR count). The van der Waals surface area contributed by atoms with E-state index in [-0.39, 0.29) is 12.1 Å². The van der Waals surface area contributed by atoms with Crippen LogP contribution in [0.15, 0.2) is 46.9 Å². The molecule has 0 radical (unpaired) electrons. The number of amides is 1. The highest BCUT2D eigenvalue weighted by Gasteiger charge is 2.42. The monoisotopic (exact) mass is 511 g/mol. The summed E-state index contributed by atoms with van der Waals surface area (Å²) in [5.74, 6) is 0.614.